The van der Waals surface area contributed by atoms with Crippen LogP contribution in [0.25, 0.3) is 0 Å². The zero-order valence-corrected chi connectivity index (χ0v) is 12.8. The number of aldehydes is 1. The maximum Gasteiger partial charge on any atom is 0.281 e. The monoisotopic (exact) mass is 331 g/mol. The van der Waals surface area contributed by atoms with Gasteiger partial charge in [0.2, 0.25) is 5.24 Å². The summed E-state index contributed by atoms with van der Waals surface area (Å²) in [5, 5.41) is 10.8. The van der Waals surface area contributed by atoms with E-state index in [1.165, 1.54) is 6.07 Å². The molecule has 0 N–H and O–H groups in total. The van der Waals surface area contributed by atoms with Crippen LogP contribution >= 0.6 is 23.2 Å². The van der Waals surface area contributed by atoms with Crippen LogP contribution in [0.4, 0.5) is 5.69 Å². The zero-order chi connectivity index (χ0) is 15.8. The lowest BCUT2D eigenvalue weighted by Gasteiger charge is -2.06. The highest BCUT2D eigenvalue weighted by Gasteiger charge is 2.18. The number of halogens is 2. The molecule has 0 amide bonds. The maximum atomic E-state index is 11.1. The summed E-state index contributed by atoms with van der Waals surface area (Å²) in [6, 6.07) is 2.77. The van der Waals surface area contributed by atoms with Crippen molar-refractivity contribution >= 4 is 40.4 Å². The van der Waals surface area contributed by atoms with Crippen molar-refractivity contribution in [3.05, 3.63) is 38.4 Å². The number of aryl methyl sites for hydroxylation is 1. The van der Waals surface area contributed by atoms with E-state index < -0.39 is 4.92 Å². The van der Waals surface area contributed by atoms with Crippen LogP contribution in [0.5, 0.6) is 0 Å². The predicted octanol–water partition coefficient (Wildman–Crippen LogP) is 4.32. The van der Waals surface area contributed by atoms with E-state index in [0.717, 1.165) is 25.7 Å². The molecule has 0 aliphatic rings. The first-order valence-corrected chi connectivity index (χ1v) is 7.31. The SMILES string of the molecule is O=Cc1c(CCCCCCC(=O)Cl)cc(Cl)cc1[N+](=O)[O-]. The summed E-state index contributed by atoms with van der Waals surface area (Å²) in [6.07, 6.45) is 4.55. The molecule has 0 radical (unpaired) electrons. The fourth-order valence-electron chi connectivity index (χ4n) is 2.09. The van der Waals surface area contributed by atoms with Crippen molar-refractivity contribution in [2.75, 3.05) is 0 Å². The van der Waals surface area contributed by atoms with Gasteiger partial charge in [-0.2, -0.15) is 0 Å². The van der Waals surface area contributed by atoms with Gasteiger partial charge in [-0.1, -0.05) is 24.4 Å². The normalized spacial score (nSPS) is 10.4. The Kier molecular flexibility index (Phi) is 7.32. The molecule has 0 heterocycles. The second-order valence-electron chi connectivity index (χ2n) is 4.64. The Balaban J connectivity index is 2.64. The van der Waals surface area contributed by atoms with Crippen LogP contribution in [0.3, 0.4) is 0 Å². The van der Waals surface area contributed by atoms with Crippen molar-refractivity contribution in [2.24, 2.45) is 0 Å². The van der Waals surface area contributed by atoms with Crippen LogP contribution in [0, 0.1) is 10.1 Å². The van der Waals surface area contributed by atoms with Crippen molar-refractivity contribution < 1.29 is 14.5 Å². The predicted molar refractivity (Wildman–Crippen MR) is 81.1 cm³/mol. The van der Waals surface area contributed by atoms with Gasteiger partial charge in [0.05, 0.1) is 10.5 Å². The van der Waals surface area contributed by atoms with E-state index >= 15 is 0 Å². The Bertz CT molecular complexity index is 546. The Labute approximate surface area is 132 Å². The minimum Gasteiger partial charge on any atom is -0.298 e. The molecule has 0 atom stereocenters. The Morgan fingerprint density at radius 2 is 1.90 bits per heavy atom. The Morgan fingerprint density at radius 1 is 1.24 bits per heavy atom. The average Bonchev–Trinajstić information content (AvgIpc) is 2.41. The van der Waals surface area contributed by atoms with Crippen LogP contribution in [0.1, 0.15) is 48.0 Å². The molecule has 0 aliphatic carbocycles. The molecule has 0 aliphatic heterocycles. The van der Waals surface area contributed by atoms with Gasteiger partial charge >= 0.3 is 0 Å². The molecule has 0 unspecified atom stereocenters. The smallest absolute Gasteiger partial charge is 0.281 e. The van der Waals surface area contributed by atoms with Gasteiger partial charge < -0.3 is 0 Å². The molecular formula is C14H15Cl2NO4. The quantitative estimate of drug-likeness (QED) is 0.222. The fraction of sp³-hybridized carbons (Fsp3) is 0.429. The lowest BCUT2D eigenvalue weighted by Crippen LogP contribution is -2.00. The highest BCUT2D eigenvalue weighted by Crippen LogP contribution is 2.27. The third-order valence-electron chi connectivity index (χ3n) is 3.09. The van der Waals surface area contributed by atoms with E-state index in [1.54, 1.807) is 6.07 Å². The van der Waals surface area contributed by atoms with E-state index in [9.17, 15) is 19.7 Å². The van der Waals surface area contributed by atoms with E-state index in [1.807, 2.05) is 0 Å². The molecule has 1 rings (SSSR count). The molecule has 5 nitrogen and oxygen atoms in total. The van der Waals surface area contributed by atoms with E-state index in [-0.39, 0.29) is 21.5 Å². The molecule has 21 heavy (non-hydrogen) atoms. The first-order valence-electron chi connectivity index (χ1n) is 6.56. The van der Waals surface area contributed by atoms with E-state index in [0.29, 0.717) is 24.7 Å². The number of benzene rings is 1. The van der Waals surface area contributed by atoms with E-state index in [4.69, 9.17) is 23.2 Å². The number of nitro benzene ring substituents is 1. The minimum atomic E-state index is -0.606. The summed E-state index contributed by atoms with van der Waals surface area (Å²) in [5.74, 6) is 0. The molecular weight excluding hydrogens is 317 g/mol. The first-order chi connectivity index (χ1) is 9.95. The molecule has 0 saturated heterocycles. The zero-order valence-electron chi connectivity index (χ0n) is 11.3. The first kappa shape index (κ1) is 17.6. The molecule has 0 bridgehead atoms. The van der Waals surface area contributed by atoms with Gasteiger partial charge in [-0.05, 0) is 42.5 Å². The number of hydrogen-bond donors (Lipinski definition) is 0. The van der Waals surface area contributed by atoms with Gasteiger partial charge in [-0.25, -0.2) is 0 Å². The van der Waals surface area contributed by atoms with Gasteiger partial charge in [0.1, 0.15) is 0 Å². The van der Waals surface area contributed by atoms with Crippen molar-refractivity contribution in [1.82, 2.24) is 0 Å². The molecule has 0 fully saturated rings. The van der Waals surface area contributed by atoms with Crippen LogP contribution in [0.15, 0.2) is 12.1 Å². The average molecular weight is 332 g/mol. The van der Waals surface area contributed by atoms with Crippen molar-refractivity contribution in [2.45, 2.75) is 38.5 Å². The van der Waals surface area contributed by atoms with Crippen molar-refractivity contribution in [3.8, 4) is 0 Å². The summed E-state index contributed by atoms with van der Waals surface area (Å²) < 4.78 is 0. The van der Waals surface area contributed by atoms with Gasteiger partial charge in [-0.3, -0.25) is 19.7 Å². The lowest BCUT2D eigenvalue weighted by atomic mass is 10.00. The Morgan fingerprint density at radius 3 is 2.48 bits per heavy atom. The summed E-state index contributed by atoms with van der Waals surface area (Å²) in [6.45, 7) is 0. The van der Waals surface area contributed by atoms with Crippen molar-refractivity contribution in [3.63, 3.8) is 0 Å². The number of unbranched alkanes of at least 4 members (excludes halogenated alkanes) is 3. The van der Waals surface area contributed by atoms with Crippen LogP contribution < -0.4 is 0 Å². The fourth-order valence-corrected chi connectivity index (χ4v) is 2.45. The molecule has 0 saturated carbocycles. The molecule has 7 heteroatoms. The van der Waals surface area contributed by atoms with Crippen LogP contribution in [-0.2, 0) is 11.2 Å². The largest absolute Gasteiger partial charge is 0.298 e. The molecule has 0 spiro atoms. The second kappa shape index (κ2) is 8.74. The van der Waals surface area contributed by atoms with Gasteiger partial charge in [0.25, 0.3) is 5.69 Å². The summed E-state index contributed by atoms with van der Waals surface area (Å²) in [7, 11) is 0. The summed E-state index contributed by atoms with van der Waals surface area (Å²) in [5.41, 5.74) is 0.401. The number of nitrogens with zero attached hydrogens (tertiary/aromatic N) is 1. The van der Waals surface area contributed by atoms with Crippen LogP contribution in [-0.4, -0.2) is 16.5 Å². The third-order valence-corrected chi connectivity index (χ3v) is 3.50. The Hall–Kier alpha value is -1.46. The minimum absolute atomic E-state index is 0.0836. The topological polar surface area (TPSA) is 77.3 Å². The molecule has 114 valence electrons. The number of rotatable bonds is 9. The standard InChI is InChI=1S/C14H15Cl2NO4/c15-11-7-10(5-3-1-2-4-6-14(16)19)12(9-18)13(8-11)17(20)21/h7-9H,1-6H2. The van der Waals surface area contributed by atoms with Crippen LogP contribution in [0.2, 0.25) is 5.02 Å². The summed E-state index contributed by atoms with van der Waals surface area (Å²) in [4.78, 5) is 31.9. The van der Waals surface area contributed by atoms with Gasteiger partial charge in [0, 0.05) is 17.5 Å². The van der Waals surface area contributed by atoms with Gasteiger partial charge in [-0.15, -0.1) is 0 Å². The molecule has 1 aromatic carbocycles. The second-order valence-corrected chi connectivity index (χ2v) is 5.50. The highest BCUT2D eigenvalue weighted by atomic mass is 35.5. The summed E-state index contributed by atoms with van der Waals surface area (Å²) >= 11 is 11.1. The maximum absolute atomic E-state index is 11.1. The number of hydrogen-bond acceptors (Lipinski definition) is 4. The highest BCUT2D eigenvalue weighted by molar-refractivity contribution is 6.63. The van der Waals surface area contributed by atoms with Gasteiger partial charge in [0.15, 0.2) is 6.29 Å². The third kappa shape index (κ3) is 5.81. The number of carbonyl (C=O) groups excluding carboxylic acids is 2. The number of carbonyl (C=O) groups is 2. The number of nitro groups is 1. The van der Waals surface area contributed by atoms with Crippen molar-refractivity contribution in [1.29, 1.82) is 0 Å². The molecule has 0 aromatic heterocycles. The lowest BCUT2D eigenvalue weighted by molar-refractivity contribution is -0.385. The van der Waals surface area contributed by atoms with E-state index in [2.05, 4.69) is 0 Å². The molecule has 1 aromatic rings.